The molecule has 1 N–H and O–H groups in total. The van der Waals surface area contributed by atoms with Crippen LogP contribution in [0.2, 0.25) is 0 Å². The molecule has 1 rings (SSSR count). The Hall–Kier alpha value is -3.01. The van der Waals surface area contributed by atoms with E-state index in [0.717, 1.165) is 18.2 Å². The molecule has 18 heavy (non-hydrogen) atoms. The molecule has 0 aliphatic carbocycles. The first-order valence-electron chi connectivity index (χ1n) is 4.59. The molecule has 90 valence electrons. The number of rotatable bonds is 4. The van der Waals surface area contributed by atoms with E-state index in [1.54, 1.807) is 6.07 Å². The molecule has 0 spiro atoms. The molecule has 0 atom stereocenters. The van der Waals surface area contributed by atoms with Crippen LogP contribution in [0.4, 0.5) is 5.69 Å². The number of aliphatic carboxylic acids is 1. The number of nitrogens with zero attached hydrogens (tertiary/aromatic N) is 2. The van der Waals surface area contributed by atoms with E-state index in [-0.39, 0.29) is 23.0 Å². The number of carboxylic acids is 1. The van der Waals surface area contributed by atoms with E-state index in [9.17, 15) is 19.7 Å². The number of benzene rings is 1. The van der Waals surface area contributed by atoms with Gasteiger partial charge >= 0.3 is 5.97 Å². The van der Waals surface area contributed by atoms with Crippen LogP contribution in [0.1, 0.15) is 21.5 Å². The van der Waals surface area contributed by atoms with E-state index < -0.39 is 16.6 Å². The van der Waals surface area contributed by atoms with Crippen LogP contribution in [-0.2, 0) is 4.79 Å². The van der Waals surface area contributed by atoms with Gasteiger partial charge in [0.2, 0.25) is 0 Å². The van der Waals surface area contributed by atoms with Crippen LogP contribution >= 0.6 is 0 Å². The lowest BCUT2D eigenvalue weighted by atomic mass is 10.0. The lowest BCUT2D eigenvalue weighted by Gasteiger charge is -2.01. The predicted octanol–water partition coefficient (Wildman–Crippen LogP) is 1.38. The molecule has 7 nitrogen and oxygen atoms in total. The van der Waals surface area contributed by atoms with Gasteiger partial charge in [0.1, 0.15) is 11.6 Å². The summed E-state index contributed by atoms with van der Waals surface area (Å²) in [5.74, 6) is -1.25. The van der Waals surface area contributed by atoms with E-state index in [2.05, 4.69) is 0 Å². The molecule has 0 radical (unpaired) electrons. The van der Waals surface area contributed by atoms with Crippen molar-refractivity contribution in [2.75, 3.05) is 0 Å². The van der Waals surface area contributed by atoms with Crippen LogP contribution in [0, 0.1) is 21.4 Å². The Balaban J connectivity index is 3.53. The molecule has 0 aliphatic rings. The number of nitro groups is 1. The van der Waals surface area contributed by atoms with Gasteiger partial charge in [0.05, 0.1) is 10.5 Å². The van der Waals surface area contributed by atoms with Crippen LogP contribution in [-0.4, -0.2) is 22.3 Å². The maximum Gasteiger partial charge on any atom is 0.328 e. The molecule has 0 saturated heterocycles. The third kappa shape index (κ3) is 2.56. The second kappa shape index (κ2) is 5.36. The van der Waals surface area contributed by atoms with E-state index in [4.69, 9.17) is 10.4 Å². The van der Waals surface area contributed by atoms with Crippen molar-refractivity contribution >= 4 is 24.0 Å². The zero-order valence-corrected chi connectivity index (χ0v) is 8.86. The van der Waals surface area contributed by atoms with Crippen LogP contribution < -0.4 is 0 Å². The Morgan fingerprint density at radius 3 is 2.50 bits per heavy atom. The van der Waals surface area contributed by atoms with E-state index in [1.165, 1.54) is 6.07 Å². The summed E-state index contributed by atoms with van der Waals surface area (Å²) in [6, 6.07) is 4.03. The lowest BCUT2D eigenvalue weighted by Crippen LogP contribution is -2.00. The normalized spacial score (nSPS) is 9.94. The summed E-state index contributed by atoms with van der Waals surface area (Å²) in [6.45, 7) is 0. The minimum atomic E-state index is -1.25. The second-order valence-electron chi connectivity index (χ2n) is 3.13. The van der Waals surface area contributed by atoms with Crippen molar-refractivity contribution in [2.24, 2.45) is 0 Å². The molecular formula is C11H6N2O5. The van der Waals surface area contributed by atoms with Crippen molar-refractivity contribution < 1.29 is 19.6 Å². The van der Waals surface area contributed by atoms with Gasteiger partial charge in [0, 0.05) is 6.08 Å². The highest BCUT2D eigenvalue weighted by Gasteiger charge is 2.21. The van der Waals surface area contributed by atoms with Gasteiger partial charge in [-0.05, 0) is 17.7 Å². The van der Waals surface area contributed by atoms with Gasteiger partial charge in [0.25, 0.3) is 5.69 Å². The summed E-state index contributed by atoms with van der Waals surface area (Å²) < 4.78 is 0. The van der Waals surface area contributed by atoms with Gasteiger partial charge < -0.3 is 5.11 Å². The van der Waals surface area contributed by atoms with Crippen LogP contribution in [0.15, 0.2) is 18.2 Å². The van der Waals surface area contributed by atoms with Crippen LogP contribution in [0.5, 0.6) is 0 Å². The van der Waals surface area contributed by atoms with Crippen molar-refractivity contribution in [3.8, 4) is 6.07 Å². The maximum atomic E-state index is 10.8. The Labute approximate surface area is 101 Å². The average Bonchev–Trinajstić information content (AvgIpc) is 2.34. The number of aldehydes is 1. The largest absolute Gasteiger partial charge is 0.478 e. The highest BCUT2D eigenvalue weighted by atomic mass is 16.6. The summed E-state index contributed by atoms with van der Waals surface area (Å²) >= 11 is 0. The highest BCUT2D eigenvalue weighted by Crippen LogP contribution is 2.26. The molecule has 0 bridgehead atoms. The van der Waals surface area contributed by atoms with E-state index in [0.29, 0.717) is 0 Å². The molecule has 0 aromatic heterocycles. The molecule has 7 heteroatoms. The van der Waals surface area contributed by atoms with Crippen molar-refractivity contribution in [1.29, 1.82) is 5.26 Å². The van der Waals surface area contributed by atoms with Gasteiger partial charge in [-0.2, -0.15) is 5.26 Å². The molecule has 0 unspecified atom stereocenters. The van der Waals surface area contributed by atoms with E-state index in [1.807, 2.05) is 0 Å². The molecular weight excluding hydrogens is 240 g/mol. The molecule has 0 heterocycles. The van der Waals surface area contributed by atoms with Crippen molar-refractivity contribution in [2.45, 2.75) is 0 Å². The summed E-state index contributed by atoms with van der Waals surface area (Å²) in [7, 11) is 0. The lowest BCUT2D eigenvalue weighted by molar-refractivity contribution is -0.385. The molecule has 0 aliphatic heterocycles. The minimum Gasteiger partial charge on any atom is -0.478 e. The van der Waals surface area contributed by atoms with Gasteiger partial charge in [-0.15, -0.1) is 0 Å². The highest BCUT2D eigenvalue weighted by molar-refractivity contribution is 5.89. The van der Waals surface area contributed by atoms with Gasteiger partial charge in [-0.1, -0.05) is 6.07 Å². The third-order valence-electron chi connectivity index (χ3n) is 2.07. The minimum absolute atomic E-state index is 0.0669. The van der Waals surface area contributed by atoms with Gasteiger partial charge in [-0.3, -0.25) is 14.9 Å². The number of carbonyl (C=O) groups excluding carboxylic acids is 1. The monoisotopic (exact) mass is 246 g/mol. The first-order valence-corrected chi connectivity index (χ1v) is 4.59. The molecule has 0 saturated carbocycles. The number of nitriles is 1. The number of carbonyl (C=O) groups is 2. The summed E-state index contributed by atoms with van der Waals surface area (Å²) in [6.07, 6.45) is 2.08. The fourth-order valence-corrected chi connectivity index (χ4v) is 1.33. The topological polar surface area (TPSA) is 121 Å². The quantitative estimate of drug-likeness (QED) is 0.370. The first kappa shape index (κ1) is 13.1. The van der Waals surface area contributed by atoms with E-state index >= 15 is 0 Å². The molecule has 0 fully saturated rings. The zero-order chi connectivity index (χ0) is 13.7. The van der Waals surface area contributed by atoms with Crippen LogP contribution in [0.25, 0.3) is 6.08 Å². The smallest absolute Gasteiger partial charge is 0.328 e. The van der Waals surface area contributed by atoms with Crippen molar-refractivity contribution in [3.05, 3.63) is 45.0 Å². The Kier molecular flexibility index (Phi) is 3.89. The Morgan fingerprint density at radius 2 is 2.06 bits per heavy atom. The molecule has 0 amide bonds. The SMILES string of the molecule is N#Cc1c(/C=C/C(=O)O)ccc(C=O)c1[N+](=O)[O-]. The van der Waals surface area contributed by atoms with Crippen molar-refractivity contribution in [3.63, 3.8) is 0 Å². The third-order valence-corrected chi connectivity index (χ3v) is 2.07. The zero-order valence-electron chi connectivity index (χ0n) is 8.86. The Morgan fingerprint density at radius 1 is 1.44 bits per heavy atom. The Bertz CT molecular complexity index is 598. The maximum absolute atomic E-state index is 10.8. The second-order valence-corrected chi connectivity index (χ2v) is 3.13. The van der Waals surface area contributed by atoms with Crippen molar-refractivity contribution in [1.82, 2.24) is 0 Å². The summed E-state index contributed by atoms with van der Waals surface area (Å²) in [5, 5.41) is 28.1. The molecule has 1 aromatic rings. The first-order chi connectivity index (χ1) is 8.51. The van der Waals surface area contributed by atoms with Crippen LogP contribution in [0.3, 0.4) is 0 Å². The fraction of sp³-hybridized carbons (Fsp3) is 0. The number of hydrogen-bond acceptors (Lipinski definition) is 5. The molecule has 1 aromatic carbocycles. The fourth-order valence-electron chi connectivity index (χ4n) is 1.33. The number of carboxylic acid groups (broad SMARTS) is 1. The number of hydrogen-bond donors (Lipinski definition) is 1. The number of nitro benzene ring substituents is 1. The van der Waals surface area contributed by atoms with Gasteiger partial charge in [0.15, 0.2) is 6.29 Å². The standard InChI is InChI=1S/C11H6N2O5/c12-5-9-7(3-4-10(15)16)1-2-8(6-14)11(9)13(17)18/h1-4,6H,(H,15,16)/b4-3+. The predicted molar refractivity (Wildman–Crippen MR) is 59.9 cm³/mol. The van der Waals surface area contributed by atoms with Gasteiger partial charge in [-0.25, -0.2) is 4.79 Å². The average molecular weight is 246 g/mol. The summed E-state index contributed by atoms with van der Waals surface area (Å²) in [4.78, 5) is 31.0. The summed E-state index contributed by atoms with van der Waals surface area (Å²) in [5.41, 5.74) is -1.14.